The molecular formula is C27H21NO2. The van der Waals surface area contributed by atoms with Crippen LogP contribution in [0.4, 0.5) is 0 Å². The highest BCUT2D eigenvalue weighted by Gasteiger charge is 2.58. The third kappa shape index (κ3) is 2.07. The number of hydrogen-bond acceptors (Lipinski definition) is 2. The molecule has 2 atom stereocenters. The van der Waals surface area contributed by atoms with Gasteiger partial charge in [0.25, 0.3) is 0 Å². The lowest BCUT2D eigenvalue weighted by Gasteiger charge is -2.52. The van der Waals surface area contributed by atoms with Gasteiger partial charge in [-0.05, 0) is 33.9 Å². The first-order valence-corrected chi connectivity index (χ1v) is 10.3. The zero-order valence-corrected chi connectivity index (χ0v) is 16.7. The fraction of sp³-hybridized carbons (Fsp3) is 0.148. The van der Waals surface area contributed by atoms with E-state index in [1.807, 2.05) is 24.3 Å². The van der Waals surface area contributed by atoms with Crippen LogP contribution < -0.4 is 4.74 Å². The number of benzene rings is 3. The van der Waals surface area contributed by atoms with Gasteiger partial charge < -0.3 is 9.64 Å². The molecule has 0 N–H and O–H groups in total. The summed E-state index contributed by atoms with van der Waals surface area (Å²) < 4.78 is 5.72. The van der Waals surface area contributed by atoms with E-state index in [1.54, 1.807) is 7.11 Å². The molecule has 0 bridgehead atoms. The highest BCUT2D eigenvalue weighted by atomic mass is 16.5. The van der Waals surface area contributed by atoms with Crippen molar-refractivity contribution in [3.8, 4) is 5.75 Å². The van der Waals surface area contributed by atoms with Gasteiger partial charge in [-0.2, -0.15) is 0 Å². The molecule has 0 saturated heterocycles. The molecule has 3 aliphatic rings. The summed E-state index contributed by atoms with van der Waals surface area (Å²) in [5.74, 6) is 0.887. The Morgan fingerprint density at radius 1 is 0.967 bits per heavy atom. The van der Waals surface area contributed by atoms with Crippen molar-refractivity contribution in [2.45, 2.75) is 18.0 Å². The van der Waals surface area contributed by atoms with Crippen LogP contribution in [0.2, 0.25) is 0 Å². The smallest absolute Gasteiger partial charge is 0.248 e. The van der Waals surface area contributed by atoms with E-state index in [2.05, 4.69) is 71.6 Å². The van der Waals surface area contributed by atoms with Gasteiger partial charge in [0, 0.05) is 24.1 Å². The molecule has 3 aromatic carbocycles. The van der Waals surface area contributed by atoms with Gasteiger partial charge >= 0.3 is 0 Å². The molecule has 0 fully saturated rings. The normalized spacial score (nSPS) is 23.2. The van der Waals surface area contributed by atoms with E-state index in [-0.39, 0.29) is 11.8 Å². The maximum atomic E-state index is 13.4. The van der Waals surface area contributed by atoms with Gasteiger partial charge in [0.15, 0.2) is 0 Å². The lowest BCUT2D eigenvalue weighted by molar-refractivity contribution is -0.130. The van der Waals surface area contributed by atoms with Crippen LogP contribution in [0.25, 0.3) is 11.6 Å². The standard InChI is InChI=1S/C27H21NO2/c1-30-25-13-7-5-11-21(25)24-16-26(29)28-17-19-9-2-4-10-20(19)23-15-14-18-8-3-6-12-22(18)27(23,24)28/h2-16,23H,17H2,1H3/t23-,27-/m1/s1. The average molecular weight is 391 g/mol. The number of hydrogen-bond donors (Lipinski definition) is 0. The lowest BCUT2D eigenvalue weighted by Crippen LogP contribution is -2.53. The maximum absolute atomic E-state index is 13.4. The zero-order valence-electron chi connectivity index (χ0n) is 16.7. The predicted molar refractivity (Wildman–Crippen MR) is 118 cm³/mol. The third-order valence-electron chi connectivity index (χ3n) is 6.78. The van der Waals surface area contributed by atoms with E-state index in [0.29, 0.717) is 6.54 Å². The largest absolute Gasteiger partial charge is 0.496 e. The third-order valence-corrected chi connectivity index (χ3v) is 6.78. The second-order valence-electron chi connectivity index (χ2n) is 8.07. The van der Waals surface area contributed by atoms with Crippen molar-refractivity contribution in [1.82, 2.24) is 4.90 Å². The Hall–Kier alpha value is -3.59. The Morgan fingerprint density at radius 3 is 2.63 bits per heavy atom. The van der Waals surface area contributed by atoms with Crippen LogP contribution in [0, 0.1) is 0 Å². The molecule has 0 aromatic heterocycles. The fourth-order valence-electron chi connectivity index (χ4n) is 5.59. The summed E-state index contributed by atoms with van der Waals surface area (Å²) in [5.41, 5.74) is 6.25. The monoisotopic (exact) mass is 391 g/mol. The summed E-state index contributed by atoms with van der Waals surface area (Å²) in [6.45, 7) is 0.600. The van der Waals surface area contributed by atoms with Crippen molar-refractivity contribution in [2.24, 2.45) is 0 Å². The highest BCUT2D eigenvalue weighted by Crippen LogP contribution is 2.61. The zero-order chi connectivity index (χ0) is 20.3. The molecule has 1 spiro atoms. The first-order chi connectivity index (χ1) is 14.7. The van der Waals surface area contributed by atoms with Gasteiger partial charge in [-0.15, -0.1) is 0 Å². The second-order valence-corrected chi connectivity index (χ2v) is 8.07. The Bertz CT molecular complexity index is 1250. The van der Waals surface area contributed by atoms with E-state index in [1.165, 1.54) is 16.7 Å². The molecule has 3 aromatic rings. The molecule has 0 unspecified atom stereocenters. The molecule has 0 saturated carbocycles. The van der Waals surface area contributed by atoms with E-state index in [9.17, 15) is 4.79 Å². The number of ether oxygens (including phenoxy) is 1. The summed E-state index contributed by atoms with van der Waals surface area (Å²) in [6, 6.07) is 25.0. The SMILES string of the molecule is COc1ccccc1C1=CC(=O)N2Cc3ccccc3[C@H]3C=Cc4ccccc4[C@]132. The van der Waals surface area contributed by atoms with Crippen molar-refractivity contribution in [3.05, 3.63) is 113 Å². The Balaban J connectivity index is 1.71. The summed E-state index contributed by atoms with van der Waals surface area (Å²) in [7, 11) is 1.69. The summed E-state index contributed by atoms with van der Waals surface area (Å²) in [5, 5.41) is 0. The number of fused-ring (bicyclic) bond motifs is 3. The molecule has 6 rings (SSSR count). The van der Waals surface area contributed by atoms with Crippen LogP contribution in [-0.2, 0) is 16.9 Å². The minimum Gasteiger partial charge on any atom is -0.496 e. The molecule has 1 amide bonds. The Morgan fingerprint density at radius 2 is 1.73 bits per heavy atom. The van der Waals surface area contributed by atoms with Crippen molar-refractivity contribution < 1.29 is 9.53 Å². The Kier molecular flexibility index (Phi) is 3.57. The topological polar surface area (TPSA) is 29.5 Å². The minimum absolute atomic E-state index is 0.0416. The second kappa shape index (κ2) is 6.20. The molecule has 2 heterocycles. The van der Waals surface area contributed by atoms with Crippen LogP contribution in [0.15, 0.2) is 84.9 Å². The number of nitrogens with zero attached hydrogens (tertiary/aromatic N) is 1. The molecule has 3 nitrogen and oxygen atoms in total. The number of amides is 1. The first-order valence-electron chi connectivity index (χ1n) is 10.3. The molecule has 3 heteroatoms. The van der Waals surface area contributed by atoms with Gasteiger partial charge in [0.05, 0.1) is 7.11 Å². The van der Waals surface area contributed by atoms with Gasteiger partial charge in [0.1, 0.15) is 11.3 Å². The van der Waals surface area contributed by atoms with Crippen LogP contribution in [0.3, 0.4) is 0 Å². The first kappa shape index (κ1) is 17.3. The number of carbonyl (C=O) groups excluding carboxylic acids is 1. The summed E-state index contributed by atoms with van der Waals surface area (Å²) >= 11 is 0. The van der Waals surface area contributed by atoms with Crippen molar-refractivity contribution in [3.63, 3.8) is 0 Å². The minimum atomic E-state index is -0.578. The number of para-hydroxylation sites is 1. The van der Waals surface area contributed by atoms with Crippen LogP contribution >= 0.6 is 0 Å². The van der Waals surface area contributed by atoms with Crippen LogP contribution in [-0.4, -0.2) is 17.9 Å². The molecule has 30 heavy (non-hydrogen) atoms. The average Bonchev–Trinajstić information content (AvgIpc) is 3.09. The van der Waals surface area contributed by atoms with E-state index >= 15 is 0 Å². The van der Waals surface area contributed by atoms with Gasteiger partial charge in [-0.1, -0.05) is 78.9 Å². The number of carbonyl (C=O) groups is 1. The van der Waals surface area contributed by atoms with E-state index < -0.39 is 5.54 Å². The molecule has 146 valence electrons. The summed E-state index contributed by atoms with van der Waals surface area (Å²) in [6.07, 6.45) is 6.30. The van der Waals surface area contributed by atoms with Gasteiger partial charge in [-0.25, -0.2) is 0 Å². The number of rotatable bonds is 2. The van der Waals surface area contributed by atoms with Crippen LogP contribution in [0.1, 0.15) is 33.7 Å². The lowest BCUT2D eigenvalue weighted by atomic mass is 9.62. The Labute approximate surface area is 175 Å². The van der Waals surface area contributed by atoms with Crippen molar-refractivity contribution >= 4 is 17.6 Å². The summed E-state index contributed by atoms with van der Waals surface area (Å²) in [4.78, 5) is 15.5. The van der Waals surface area contributed by atoms with E-state index in [4.69, 9.17) is 4.74 Å². The molecule has 2 aliphatic heterocycles. The van der Waals surface area contributed by atoms with Gasteiger partial charge in [0.2, 0.25) is 5.91 Å². The molecule has 1 aliphatic carbocycles. The maximum Gasteiger partial charge on any atom is 0.248 e. The van der Waals surface area contributed by atoms with Crippen molar-refractivity contribution in [1.29, 1.82) is 0 Å². The van der Waals surface area contributed by atoms with Crippen molar-refractivity contribution in [2.75, 3.05) is 7.11 Å². The molecule has 0 radical (unpaired) electrons. The molecular weight excluding hydrogens is 370 g/mol. The number of methoxy groups -OCH3 is 1. The predicted octanol–water partition coefficient (Wildman–Crippen LogP) is 5.14. The fourth-order valence-corrected chi connectivity index (χ4v) is 5.59. The highest BCUT2D eigenvalue weighted by molar-refractivity contribution is 6.06. The van der Waals surface area contributed by atoms with Gasteiger partial charge in [-0.3, -0.25) is 4.79 Å². The van der Waals surface area contributed by atoms with Crippen LogP contribution in [0.5, 0.6) is 5.75 Å². The van der Waals surface area contributed by atoms with E-state index in [0.717, 1.165) is 22.4 Å². The quantitative estimate of drug-likeness (QED) is 0.605.